The van der Waals surface area contributed by atoms with Crippen LogP contribution in [0.5, 0.6) is 0 Å². The van der Waals surface area contributed by atoms with E-state index in [1.807, 2.05) is 34.8 Å². The predicted molar refractivity (Wildman–Crippen MR) is 70.5 cm³/mol. The number of aryl methyl sites for hydroxylation is 1. The summed E-state index contributed by atoms with van der Waals surface area (Å²) >= 11 is 0. The highest BCUT2D eigenvalue weighted by Crippen LogP contribution is 2.31. The number of hydrogen-bond donors (Lipinski definition) is 0. The van der Waals surface area contributed by atoms with Gasteiger partial charge < -0.3 is 9.47 Å². The monoisotopic (exact) mass is 256 g/mol. The summed E-state index contributed by atoms with van der Waals surface area (Å²) in [6, 6.07) is 3.80. The summed E-state index contributed by atoms with van der Waals surface area (Å²) in [7, 11) is 1.89. The maximum absolute atomic E-state index is 12.6. The highest BCUT2D eigenvalue weighted by atomic mass is 16.2. The molecule has 0 unspecified atom stereocenters. The van der Waals surface area contributed by atoms with Crippen molar-refractivity contribution < 1.29 is 4.79 Å². The summed E-state index contributed by atoms with van der Waals surface area (Å²) in [6.45, 7) is 0.783. The lowest BCUT2D eigenvalue weighted by molar-refractivity contribution is 0.0723. The van der Waals surface area contributed by atoms with Gasteiger partial charge in [0.2, 0.25) is 0 Å². The Bertz CT molecular complexity index is 578. The third-order valence-corrected chi connectivity index (χ3v) is 3.60. The summed E-state index contributed by atoms with van der Waals surface area (Å²) in [6.07, 6.45) is 8.94. The molecule has 1 aliphatic rings. The summed E-state index contributed by atoms with van der Waals surface area (Å²) in [4.78, 5) is 22.9. The number of hydrogen-bond acceptors (Lipinski definition) is 3. The Balaban J connectivity index is 1.88. The number of likely N-dealkylation sites (tertiary alicyclic amines) is 1. The number of carbonyl (C=O) groups is 1. The van der Waals surface area contributed by atoms with Crippen molar-refractivity contribution in [3.05, 3.63) is 48.3 Å². The van der Waals surface area contributed by atoms with Gasteiger partial charge in [0, 0.05) is 32.2 Å². The van der Waals surface area contributed by atoms with Gasteiger partial charge in [-0.3, -0.25) is 14.8 Å². The fraction of sp³-hybridized carbons (Fsp3) is 0.357. The van der Waals surface area contributed by atoms with Gasteiger partial charge in [-0.2, -0.15) is 0 Å². The molecule has 5 nitrogen and oxygen atoms in total. The molecular formula is C14H16N4O. The van der Waals surface area contributed by atoms with E-state index in [-0.39, 0.29) is 11.9 Å². The summed E-state index contributed by atoms with van der Waals surface area (Å²) in [5.41, 5.74) is 1.60. The van der Waals surface area contributed by atoms with E-state index in [1.165, 1.54) is 0 Å². The van der Waals surface area contributed by atoms with Crippen molar-refractivity contribution in [2.24, 2.45) is 7.05 Å². The number of rotatable bonds is 2. The lowest BCUT2D eigenvalue weighted by Crippen LogP contribution is -2.32. The van der Waals surface area contributed by atoms with Crippen molar-refractivity contribution in [1.82, 2.24) is 19.4 Å². The first-order valence-electron chi connectivity index (χ1n) is 6.45. The molecule has 0 radical (unpaired) electrons. The van der Waals surface area contributed by atoms with Crippen LogP contribution in [0.15, 0.2) is 36.9 Å². The second-order valence-electron chi connectivity index (χ2n) is 4.79. The van der Waals surface area contributed by atoms with Gasteiger partial charge in [-0.1, -0.05) is 0 Å². The molecule has 1 aliphatic heterocycles. The molecule has 0 saturated carbocycles. The number of nitrogens with zero attached hydrogens (tertiary/aromatic N) is 4. The van der Waals surface area contributed by atoms with Crippen molar-refractivity contribution in [2.45, 2.75) is 18.9 Å². The first kappa shape index (κ1) is 11.9. The zero-order valence-corrected chi connectivity index (χ0v) is 10.9. The van der Waals surface area contributed by atoms with Crippen LogP contribution in [0.4, 0.5) is 0 Å². The van der Waals surface area contributed by atoms with Crippen molar-refractivity contribution in [2.75, 3.05) is 6.54 Å². The lowest BCUT2D eigenvalue weighted by Gasteiger charge is -2.24. The molecule has 0 bridgehead atoms. The van der Waals surface area contributed by atoms with E-state index < -0.39 is 0 Å². The molecular weight excluding hydrogens is 240 g/mol. The lowest BCUT2D eigenvalue weighted by atomic mass is 10.1. The molecule has 0 aromatic carbocycles. The van der Waals surface area contributed by atoms with Gasteiger partial charge in [-0.15, -0.1) is 0 Å². The molecule has 5 heteroatoms. The Kier molecular flexibility index (Phi) is 3.03. The quantitative estimate of drug-likeness (QED) is 0.823. The smallest absolute Gasteiger partial charge is 0.271 e. The molecule has 0 spiro atoms. The van der Waals surface area contributed by atoms with Crippen molar-refractivity contribution in [3.63, 3.8) is 0 Å². The van der Waals surface area contributed by atoms with Gasteiger partial charge in [-0.05, 0) is 25.0 Å². The summed E-state index contributed by atoms with van der Waals surface area (Å²) in [5.74, 6) is 0.0700. The van der Waals surface area contributed by atoms with Gasteiger partial charge in [0.1, 0.15) is 5.69 Å². The summed E-state index contributed by atoms with van der Waals surface area (Å²) < 4.78 is 1.86. The fourth-order valence-corrected chi connectivity index (χ4v) is 2.63. The van der Waals surface area contributed by atoms with Crippen molar-refractivity contribution in [1.29, 1.82) is 0 Å². The molecule has 2 aromatic rings. The fourth-order valence-electron chi connectivity index (χ4n) is 2.63. The van der Waals surface area contributed by atoms with E-state index in [4.69, 9.17) is 0 Å². The zero-order valence-electron chi connectivity index (χ0n) is 10.9. The van der Waals surface area contributed by atoms with E-state index in [9.17, 15) is 4.79 Å². The Morgan fingerprint density at radius 2 is 2.32 bits per heavy atom. The van der Waals surface area contributed by atoms with Gasteiger partial charge in [0.25, 0.3) is 5.91 Å². The van der Waals surface area contributed by atoms with Crippen molar-refractivity contribution in [3.8, 4) is 0 Å². The minimum atomic E-state index is 0.0519. The van der Waals surface area contributed by atoms with E-state index in [0.717, 1.165) is 30.8 Å². The molecule has 2 aromatic heterocycles. The number of aromatic nitrogens is 3. The molecule has 98 valence electrons. The van der Waals surface area contributed by atoms with Gasteiger partial charge in [0.05, 0.1) is 17.9 Å². The SMILES string of the molecule is Cn1cccc1C(=O)N1CCC[C@H]1c1cnccn1. The highest BCUT2D eigenvalue weighted by Gasteiger charge is 2.32. The molecule has 19 heavy (non-hydrogen) atoms. The minimum absolute atomic E-state index is 0.0519. The van der Waals surface area contributed by atoms with Crippen LogP contribution in [-0.2, 0) is 7.05 Å². The molecule has 1 saturated heterocycles. The van der Waals surface area contributed by atoms with E-state index >= 15 is 0 Å². The molecule has 3 rings (SSSR count). The van der Waals surface area contributed by atoms with Crippen LogP contribution in [0.25, 0.3) is 0 Å². The van der Waals surface area contributed by atoms with Crippen LogP contribution in [0.2, 0.25) is 0 Å². The van der Waals surface area contributed by atoms with Crippen LogP contribution >= 0.6 is 0 Å². The normalized spacial score (nSPS) is 18.8. The zero-order chi connectivity index (χ0) is 13.2. The predicted octanol–water partition coefficient (Wildman–Crippen LogP) is 1.79. The molecule has 1 fully saturated rings. The van der Waals surface area contributed by atoms with Crippen molar-refractivity contribution >= 4 is 5.91 Å². The average Bonchev–Trinajstić information content (AvgIpc) is 3.07. The largest absolute Gasteiger partial charge is 0.347 e. The number of amides is 1. The standard InChI is InChI=1S/C14H16N4O/c1-17-8-2-5-13(17)14(19)18-9-3-4-12(18)11-10-15-6-7-16-11/h2,5-8,10,12H,3-4,9H2,1H3/t12-/m0/s1. The van der Waals surface area contributed by atoms with Crippen LogP contribution in [0, 0.1) is 0 Å². The summed E-state index contributed by atoms with van der Waals surface area (Å²) in [5, 5.41) is 0. The van der Waals surface area contributed by atoms with Crippen LogP contribution in [0.1, 0.15) is 35.1 Å². The first-order valence-corrected chi connectivity index (χ1v) is 6.45. The Labute approximate surface area is 111 Å². The highest BCUT2D eigenvalue weighted by molar-refractivity contribution is 5.93. The van der Waals surface area contributed by atoms with Gasteiger partial charge in [-0.25, -0.2) is 0 Å². The maximum Gasteiger partial charge on any atom is 0.271 e. The van der Waals surface area contributed by atoms with Gasteiger partial charge >= 0.3 is 0 Å². The van der Waals surface area contributed by atoms with E-state index in [1.54, 1.807) is 18.6 Å². The van der Waals surface area contributed by atoms with Crippen LogP contribution < -0.4 is 0 Å². The Hall–Kier alpha value is -2.17. The second-order valence-corrected chi connectivity index (χ2v) is 4.79. The molecule has 3 heterocycles. The molecule has 0 aliphatic carbocycles. The van der Waals surface area contributed by atoms with E-state index in [0.29, 0.717) is 0 Å². The maximum atomic E-state index is 12.6. The average molecular weight is 256 g/mol. The Morgan fingerprint density at radius 1 is 1.42 bits per heavy atom. The second kappa shape index (κ2) is 4.84. The molecule has 1 atom stereocenters. The third-order valence-electron chi connectivity index (χ3n) is 3.60. The molecule has 0 N–H and O–H groups in total. The minimum Gasteiger partial charge on any atom is -0.347 e. The first-order chi connectivity index (χ1) is 9.27. The van der Waals surface area contributed by atoms with Crippen LogP contribution in [0.3, 0.4) is 0 Å². The number of carbonyl (C=O) groups excluding carboxylic acids is 1. The Morgan fingerprint density at radius 3 is 3.00 bits per heavy atom. The van der Waals surface area contributed by atoms with Crippen LogP contribution in [-0.4, -0.2) is 31.9 Å². The van der Waals surface area contributed by atoms with Gasteiger partial charge in [0.15, 0.2) is 0 Å². The van der Waals surface area contributed by atoms with E-state index in [2.05, 4.69) is 9.97 Å². The third kappa shape index (κ3) is 2.12. The molecule has 1 amide bonds. The topological polar surface area (TPSA) is 51.0 Å².